The second kappa shape index (κ2) is 8.93. The first kappa shape index (κ1) is 17.8. The van der Waals surface area contributed by atoms with E-state index in [0.29, 0.717) is 29.3 Å². The fourth-order valence-electron chi connectivity index (χ4n) is 1.99. The molecule has 0 atom stereocenters. The van der Waals surface area contributed by atoms with Crippen molar-refractivity contribution < 1.29 is 19.1 Å². The summed E-state index contributed by atoms with van der Waals surface area (Å²) < 4.78 is 9.98. The molecule has 1 amide bonds. The van der Waals surface area contributed by atoms with Gasteiger partial charge in [0.1, 0.15) is 5.75 Å². The first-order chi connectivity index (χ1) is 11.6. The second-order valence-corrected chi connectivity index (χ2v) is 5.47. The van der Waals surface area contributed by atoms with Crippen LogP contribution in [0.15, 0.2) is 48.5 Å². The summed E-state index contributed by atoms with van der Waals surface area (Å²) in [4.78, 5) is 23.5. The van der Waals surface area contributed by atoms with Gasteiger partial charge in [-0.3, -0.25) is 4.79 Å². The van der Waals surface area contributed by atoms with Crippen molar-refractivity contribution in [1.29, 1.82) is 0 Å². The molecule has 0 aliphatic heterocycles. The van der Waals surface area contributed by atoms with Gasteiger partial charge in [-0.05, 0) is 48.4 Å². The number of benzene rings is 2. The number of carbonyl (C=O) groups excluding carboxylic acids is 2. The number of ether oxygens (including phenoxy) is 2. The molecule has 0 spiro atoms. The number of nitrogens with one attached hydrogen (secondary N) is 1. The quantitative estimate of drug-likeness (QED) is 0.782. The average molecular weight is 348 g/mol. The van der Waals surface area contributed by atoms with Crippen molar-refractivity contribution in [3.63, 3.8) is 0 Å². The van der Waals surface area contributed by atoms with Gasteiger partial charge in [-0.1, -0.05) is 23.7 Å². The molecule has 0 radical (unpaired) electrons. The lowest BCUT2D eigenvalue weighted by atomic mass is 10.1. The highest BCUT2D eigenvalue weighted by Gasteiger charge is 2.10. The molecule has 6 heteroatoms. The minimum atomic E-state index is -0.550. The molecule has 0 saturated heterocycles. The van der Waals surface area contributed by atoms with Gasteiger partial charge >= 0.3 is 5.97 Å². The maximum Gasteiger partial charge on any atom is 0.338 e. The van der Waals surface area contributed by atoms with E-state index in [1.807, 2.05) is 12.1 Å². The smallest absolute Gasteiger partial charge is 0.338 e. The van der Waals surface area contributed by atoms with Crippen molar-refractivity contribution in [2.24, 2.45) is 0 Å². The van der Waals surface area contributed by atoms with Crippen LogP contribution >= 0.6 is 11.6 Å². The van der Waals surface area contributed by atoms with Crippen LogP contribution in [0.1, 0.15) is 15.9 Å². The fraction of sp³-hybridized carbons (Fsp3) is 0.222. The lowest BCUT2D eigenvalue weighted by molar-refractivity contribution is -0.124. The van der Waals surface area contributed by atoms with Crippen LogP contribution in [-0.2, 0) is 16.0 Å². The zero-order valence-corrected chi connectivity index (χ0v) is 14.0. The molecule has 0 aliphatic rings. The van der Waals surface area contributed by atoms with Crippen LogP contribution in [0.2, 0.25) is 5.02 Å². The van der Waals surface area contributed by atoms with E-state index in [0.717, 1.165) is 5.56 Å². The standard InChI is InChI=1S/C18H18ClNO4/c1-23-16-8-4-14(5-9-16)18(22)24-12-17(21)20-11-10-13-2-6-15(19)7-3-13/h2-9H,10-12H2,1H3,(H,20,21). The van der Waals surface area contributed by atoms with Crippen molar-refractivity contribution >= 4 is 23.5 Å². The van der Waals surface area contributed by atoms with E-state index >= 15 is 0 Å². The fourth-order valence-corrected chi connectivity index (χ4v) is 2.12. The largest absolute Gasteiger partial charge is 0.497 e. The van der Waals surface area contributed by atoms with E-state index in [-0.39, 0.29) is 12.5 Å². The van der Waals surface area contributed by atoms with E-state index in [2.05, 4.69) is 5.32 Å². The average Bonchev–Trinajstić information content (AvgIpc) is 2.61. The Bertz CT molecular complexity index is 683. The number of rotatable bonds is 7. The van der Waals surface area contributed by atoms with Crippen LogP contribution in [0.25, 0.3) is 0 Å². The number of hydrogen-bond acceptors (Lipinski definition) is 4. The molecule has 0 unspecified atom stereocenters. The molecule has 0 heterocycles. The molecule has 5 nitrogen and oxygen atoms in total. The summed E-state index contributed by atoms with van der Waals surface area (Å²) in [5.74, 6) is -0.247. The first-order valence-corrected chi connectivity index (χ1v) is 7.78. The van der Waals surface area contributed by atoms with Gasteiger partial charge in [0.2, 0.25) is 0 Å². The summed E-state index contributed by atoms with van der Waals surface area (Å²) in [6, 6.07) is 13.9. The molecule has 2 aromatic rings. The van der Waals surface area contributed by atoms with E-state index < -0.39 is 5.97 Å². The number of carbonyl (C=O) groups is 2. The van der Waals surface area contributed by atoms with Crippen LogP contribution in [0.3, 0.4) is 0 Å². The Kier molecular flexibility index (Phi) is 6.63. The van der Waals surface area contributed by atoms with Crippen LogP contribution in [0.4, 0.5) is 0 Å². The van der Waals surface area contributed by atoms with Gasteiger partial charge in [-0.15, -0.1) is 0 Å². The molecule has 24 heavy (non-hydrogen) atoms. The predicted octanol–water partition coefficient (Wildman–Crippen LogP) is 2.86. The zero-order valence-electron chi connectivity index (χ0n) is 13.3. The van der Waals surface area contributed by atoms with Gasteiger partial charge in [0.15, 0.2) is 6.61 Å². The zero-order chi connectivity index (χ0) is 17.4. The summed E-state index contributed by atoms with van der Waals surface area (Å²) in [6.45, 7) is 0.145. The third-order valence-corrected chi connectivity index (χ3v) is 3.56. The van der Waals surface area contributed by atoms with Crippen LogP contribution < -0.4 is 10.1 Å². The molecule has 2 rings (SSSR count). The lowest BCUT2D eigenvalue weighted by Crippen LogP contribution is -2.30. The van der Waals surface area contributed by atoms with Crippen LogP contribution in [0.5, 0.6) is 5.75 Å². The van der Waals surface area contributed by atoms with E-state index in [1.54, 1.807) is 43.5 Å². The van der Waals surface area contributed by atoms with Crippen LogP contribution in [-0.4, -0.2) is 32.1 Å². The van der Waals surface area contributed by atoms with Gasteiger partial charge in [0, 0.05) is 11.6 Å². The number of esters is 1. The number of methoxy groups -OCH3 is 1. The number of halogens is 1. The van der Waals surface area contributed by atoms with E-state index in [4.69, 9.17) is 21.1 Å². The lowest BCUT2D eigenvalue weighted by Gasteiger charge is -2.07. The minimum Gasteiger partial charge on any atom is -0.497 e. The Morgan fingerprint density at radius 1 is 1.04 bits per heavy atom. The molecule has 0 saturated carbocycles. The summed E-state index contributed by atoms with van der Waals surface area (Å²) in [6.07, 6.45) is 0.676. The highest BCUT2D eigenvalue weighted by Crippen LogP contribution is 2.12. The van der Waals surface area contributed by atoms with Gasteiger partial charge in [0.25, 0.3) is 5.91 Å². The van der Waals surface area contributed by atoms with Gasteiger partial charge in [0.05, 0.1) is 12.7 Å². The summed E-state index contributed by atoms with van der Waals surface area (Å²) in [5.41, 5.74) is 1.43. The van der Waals surface area contributed by atoms with Crippen molar-refractivity contribution in [3.8, 4) is 5.75 Å². The third-order valence-electron chi connectivity index (χ3n) is 3.31. The van der Waals surface area contributed by atoms with Crippen molar-refractivity contribution in [1.82, 2.24) is 5.32 Å². The molecule has 0 fully saturated rings. The summed E-state index contributed by atoms with van der Waals surface area (Å²) in [7, 11) is 1.54. The highest BCUT2D eigenvalue weighted by molar-refractivity contribution is 6.30. The third kappa shape index (κ3) is 5.59. The summed E-state index contributed by atoms with van der Waals surface area (Å²) in [5, 5.41) is 3.38. The van der Waals surface area contributed by atoms with E-state index in [1.165, 1.54) is 0 Å². The molecular formula is C18H18ClNO4. The van der Waals surface area contributed by atoms with E-state index in [9.17, 15) is 9.59 Å². The van der Waals surface area contributed by atoms with Crippen molar-refractivity contribution in [3.05, 3.63) is 64.7 Å². The van der Waals surface area contributed by atoms with Gasteiger partial charge < -0.3 is 14.8 Å². The highest BCUT2D eigenvalue weighted by atomic mass is 35.5. The molecular weight excluding hydrogens is 330 g/mol. The van der Waals surface area contributed by atoms with Crippen molar-refractivity contribution in [2.45, 2.75) is 6.42 Å². The molecule has 1 N–H and O–H groups in total. The molecule has 0 bridgehead atoms. The Labute approximate surface area is 145 Å². The Morgan fingerprint density at radius 2 is 1.71 bits per heavy atom. The van der Waals surface area contributed by atoms with Gasteiger partial charge in [-0.25, -0.2) is 4.79 Å². The second-order valence-electron chi connectivity index (χ2n) is 5.03. The minimum absolute atomic E-state index is 0.314. The van der Waals surface area contributed by atoms with Gasteiger partial charge in [-0.2, -0.15) is 0 Å². The SMILES string of the molecule is COc1ccc(C(=O)OCC(=O)NCCc2ccc(Cl)cc2)cc1. The Hall–Kier alpha value is -2.53. The molecule has 0 aliphatic carbocycles. The molecule has 2 aromatic carbocycles. The summed E-state index contributed by atoms with van der Waals surface area (Å²) >= 11 is 5.81. The van der Waals surface area contributed by atoms with Crippen LogP contribution in [0, 0.1) is 0 Å². The maximum atomic E-state index is 11.8. The maximum absolute atomic E-state index is 11.8. The predicted molar refractivity (Wildman–Crippen MR) is 91.4 cm³/mol. The number of amides is 1. The topological polar surface area (TPSA) is 64.6 Å². The molecule has 0 aromatic heterocycles. The Morgan fingerprint density at radius 3 is 2.33 bits per heavy atom. The van der Waals surface area contributed by atoms with Crippen molar-refractivity contribution in [2.75, 3.05) is 20.3 Å². The Balaban J connectivity index is 1.70. The first-order valence-electron chi connectivity index (χ1n) is 7.41. The monoisotopic (exact) mass is 347 g/mol. The normalized spacial score (nSPS) is 10.1. The molecule has 126 valence electrons. The number of hydrogen-bond donors (Lipinski definition) is 1.